The van der Waals surface area contributed by atoms with Gasteiger partial charge in [0.1, 0.15) is 6.17 Å². The molecule has 4 heteroatoms. The van der Waals surface area contributed by atoms with Gasteiger partial charge >= 0.3 is 0 Å². The lowest BCUT2D eigenvalue weighted by Gasteiger charge is -2.25. The standard InChI is InChI=1S/C17H24N2O2/c1-2-15-17(20)19(11-10-14-9-6-12-21-14)16(18-15)13-7-4-3-5-8-13/h3-5,7-8,14-16,18H,2,6,9-12H2,1H3. The highest BCUT2D eigenvalue weighted by Gasteiger charge is 2.38. The maximum Gasteiger partial charge on any atom is 0.241 e. The van der Waals surface area contributed by atoms with E-state index >= 15 is 0 Å². The fraction of sp³-hybridized carbons (Fsp3) is 0.588. The molecule has 2 heterocycles. The monoisotopic (exact) mass is 288 g/mol. The smallest absolute Gasteiger partial charge is 0.241 e. The van der Waals surface area contributed by atoms with Crippen molar-refractivity contribution in [3.05, 3.63) is 35.9 Å². The third kappa shape index (κ3) is 3.11. The SMILES string of the molecule is CCC1NC(c2ccccc2)N(CCC2CCCO2)C1=O. The van der Waals surface area contributed by atoms with Gasteiger partial charge in [-0.1, -0.05) is 37.3 Å². The average molecular weight is 288 g/mol. The van der Waals surface area contributed by atoms with Crippen LogP contribution in [0.4, 0.5) is 0 Å². The lowest BCUT2D eigenvalue weighted by Crippen LogP contribution is -2.33. The Morgan fingerprint density at radius 3 is 2.81 bits per heavy atom. The summed E-state index contributed by atoms with van der Waals surface area (Å²) in [7, 11) is 0. The van der Waals surface area contributed by atoms with Crippen molar-refractivity contribution in [2.75, 3.05) is 13.2 Å². The van der Waals surface area contributed by atoms with Crippen LogP contribution >= 0.6 is 0 Å². The molecule has 2 aliphatic heterocycles. The Kier molecular flexibility index (Phi) is 4.56. The summed E-state index contributed by atoms with van der Waals surface area (Å²) >= 11 is 0. The Labute approximate surface area is 126 Å². The topological polar surface area (TPSA) is 41.6 Å². The molecular formula is C17H24N2O2. The van der Waals surface area contributed by atoms with Crippen LogP contribution < -0.4 is 5.32 Å². The van der Waals surface area contributed by atoms with E-state index in [0.29, 0.717) is 6.10 Å². The number of hydrogen-bond donors (Lipinski definition) is 1. The largest absolute Gasteiger partial charge is 0.378 e. The zero-order chi connectivity index (χ0) is 14.7. The molecule has 1 aromatic rings. The molecule has 0 spiro atoms. The second-order valence-corrected chi connectivity index (χ2v) is 5.90. The summed E-state index contributed by atoms with van der Waals surface area (Å²) in [5.41, 5.74) is 1.16. The van der Waals surface area contributed by atoms with Crippen LogP contribution in [0.25, 0.3) is 0 Å². The van der Waals surface area contributed by atoms with Gasteiger partial charge in [0.2, 0.25) is 5.91 Å². The number of amides is 1. The highest BCUT2D eigenvalue weighted by Crippen LogP contribution is 2.27. The van der Waals surface area contributed by atoms with Crippen molar-refractivity contribution in [3.63, 3.8) is 0 Å². The molecule has 2 aliphatic rings. The van der Waals surface area contributed by atoms with Crippen molar-refractivity contribution < 1.29 is 9.53 Å². The number of ether oxygens (including phenoxy) is 1. The molecule has 0 aliphatic carbocycles. The van der Waals surface area contributed by atoms with E-state index in [-0.39, 0.29) is 18.1 Å². The van der Waals surface area contributed by atoms with Crippen LogP contribution in [0.5, 0.6) is 0 Å². The van der Waals surface area contributed by atoms with Gasteiger partial charge in [-0.15, -0.1) is 0 Å². The first-order valence-corrected chi connectivity index (χ1v) is 8.02. The average Bonchev–Trinajstić information content (AvgIpc) is 3.14. The van der Waals surface area contributed by atoms with Crippen molar-refractivity contribution in [2.45, 2.75) is 50.9 Å². The van der Waals surface area contributed by atoms with E-state index in [2.05, 4.69) is 24.4 Å². The van der Waals surface area contributed by atoms with Crippen molar-refractivity contribution >= 4 is 5.91 Å². The fourth-order valence-electron chi connectivity index (χ4n) is 3.28. The summed E-state index contributed by atoms with van der Waals surface area (Å²) in [6.07, 6.45) is 4.38. The summed E-state index contributed by atoms with van der Waals surface area (Å²) in [5, 5.41) is 3.47. The van der Waals surface area contributed by atoms with Crippen LogP contribution in [0.3, 0.4) is 0 Å². The molecule has 1 amide bonds. The third-order valence-corrected chi connectivity index (χ3v) is 4.49. The quantitative estimate of drug-likeness (QED) is 0.905. The normalized spacial score (nSPS) is 29.3. The number of nitrogens with one attached hydrogen (secondary N) is 1. The minimum absolute atomic E-state index is 0.00468. The first-order valence-electron chi connectivity index (χ1n) is 8.02. The second kappa shape index (κ2) is 6.58. The first kappa shape index (κ1) is 14.5. The van der Waals surface area contributed by atoms with Crippen molar-refractivity contribution in [3.8, 4) is 0 Å². The number of carbonyl (C=O) groups is 1. The Morgan fingerprint density at radius 1 is 1.33 bits per heavy atom. The molecule has 0 radical (unpaired) electrons. The molecule has 0 saturated carbocycles. The van der Waals surface area contributed by atoms with Crippen molar-refractivity contribution in [1.29, 1.82) is 0 Å². The van der Waals surface area contributed by atoms with Gasteiger partial charge in [-0.25, -0.2) is 0 Å². The zero-order valence-corrected chi connectivity index (χ0v) is 12.6. The lowest BCUT2D eigenvalue weighted by atomic mass is 10.1. The lowest BCUT2D eigenvalue weighted by molar-refractivity contribution is -0.130. The third-order valence-electron chi connectivity index (χ3n) is 4.49. The van der Waals surface area contributed by atoms with E-state index in [1.54, 1.807) is 0 Å². The molecule has 114 valence electrons. The number of carbonyl (C=O) groups excluding carboxylic acids is 1. The highest BCUT2D eigenvalue weighted by atomic mass is 16.5. The molecule has 1 N–H and O–H groups in total. The minimum Gasteiger partial charge on any atom is -0.378 e. The number of nitrogens with zero attached hydrogens (tertiary/aromatic N) is 1. The van der Waals surface area contributed by atoms with E-state index in [0.717, 1.165) is 44.4 Å². The van der Waals surface area contributed by atoms with E-state index in [9.17, 15) is 4.79 Å². The summed E-state index contributed by atoms with van der Waals surface area (Å²) in [5.74, 6) is 0.226. The van der Waals surface area contributed by atoms with E-state index < -0.39 is 0 Å². The summed E-state index contributed by atoms with van der Waals surface area (Å²) in [6.45, 7) is 3.70. The van der Waals surface area contributed by atoms with Gasteiger partial charge in [0, 0.05) is 13.2 Å². The molecule has 3 unspecified atom stereocenters. The van der Waals surface area contributed by atoms with Crippen LogP contribution in [0.1, 0.15) is 44.3 Å². The van der Waals surface area contributed by atoms with Gasteiger partial charge in [-0.05, 0) is 31.2 Å². The van der Waals surface area contributed by atoms with Gasteiger partial charge in [0.05, 0.1) is 12.1 Å². The van der Waals surface area contributed by atoms with Crippen LogP contribution in [-0.2, 0) is 9.53 Å². The molecule has 2 saturated heterocycles. The molecule has 21 heavy (non-hydrogen) atoms. The number of hydrogen-bond acceptors (Lipinski definition) is 3. The molecular weight excluding hydrogens is 264 g/mol. The Morgan fingerprint density at radius 2 is 2.14 bits per heavy atom. The number of rotatable bonds is 5. The zero-order valence-electron chi connectivity index (χ0n) is 12.6. The molecule has 4 nitrogen and oxygen atoms in total. The molecule has 3 rings (SSSR count). The van der Waals surface area contributed by atoms with Crippen LogP contribution in [-0.4, -0.2) is 36.1 Å². The second-order valence-electron chi connectivity index (χ2n) is 5.90. The predicted molar refractivity (Wildman–Crippen MR) is 81.7 cm³/mol. The van der Waals surface area contributed by atoms with Crippen molar-refractivity contribution in [2.24, 2.45) is 0 Å². The van der Waals surface area contributed by atoms with Crippen LogP contribution in [0.15, 0.2) is 30.3 Å². The van der Waals surface area contributed by atoms with Crippen LogP contribution in [0, 0.1) is 0 Å². The highest BCUT2D eigenvalue weighted by molar-refractivity contribution is 5.84. The van der Waals surface area contributed by atoms with Gasteiger partial charge < -0.3 is 9.64 Å². The van der Waals surface area contributed by atoms with E-state index in [4.69, 9.17) is 4.74 Å². The molecule has 0 bridgehead atoms. The minimum atomic E-state index is -0.0558. The summed E-state index contributed by atoms with van der Waals surface area (Å²) in [4.78, 5) is 14.5. The Hall–Kier alpha value is -1.39. The molecule has 1 aromatic carbocycles. The van der Waals surface area contributed by atoms with Gasteiger partial charge in [-0.3, -0.25) is 10.1 Å². The van der Waals surface area contributed by atoms with Crippen LogP contribution in [0.2, 0.25) is 0 Å². The molecule has 2 fully saturated rings. The summed E-state index contributed by atoms with van der Waals surface area (Å²) < 4.78 is 5.68. The Bertz CT molecular complexity index is 471. The number of benzene rings is 1. The maximum absolute atomic E-state index is 12.5. The van der Waals surface area contributed by atoms with Gasteiger partial charge in [-0.2, -0.15) is 0 Å². The summed E-state index contributed by atoms with van der Waals surface area (Å²) in [6, 6.07) is 10.2. The van der Waals surface area contributed by atoms with Gasteiger partial charge in [0.15, 0.2) is 0 Å². The molecule has 3 atom stereocenters. The fourth-order valence-corrected chi connectivity index (χ4v) is 3.28. The van der Waals surface area contributed by atoms with Gasteiger partial charge in [0.25, 0.3) is 0 Å². The Balaban J connectivity index is 1.71. The van der Waals surface area contributed by atoms with E-state index in [1.165, 1.54) is 0 Å². The maximum atomic E-state index is 12.5. The predicted octanol–water partition coefficient (Wildman–Crippen LogP) is 2.46. The van der Waals surface area contributed by atoms with E-state index in [1.807, 2.05) is 23.1 Å². The molecule has 0 aromatic heterocycles. The first-order chi connectivity index (χ1) is 10.3. The van der Waals surface area contributed by atoms with Crippen molar-refractivity contribution in [1.82, 2.24) is 10.2 Å².